The van der Waals surface area contributed by atoms with Crippen molar-refractivity contribution in [3.63, 3.8) is 0 Å². The molecule has 0 bridgehead atoms. The summed E-state index contributed by atoms with van der Waals surface area (Å²) in [7, 11) is 0. The maximum absolute atomic E-state index is 5.75. The zero-order valence-corrected chi connectivity index (χ0v) is 9.49. The summed E-state index contributed by atoms with van der Waals surface area (Å²) in [6.45, 7) is 4.17. The van der Waals surface area contributed by atoms with Crippen LogP contribution in [0.1, 0.15) is 31.4 Å². The van der Waals surface area contributed by atoms with Gasteiger partial charge in [-0.05, 0) is 43.9 Å². The molecule has 0 spiro atoms. The van der Waals surface area contributed by atoms with E-state index in [0.717, 1.165) is 25.0 Å². The van der Waals surface area contributed by atoms with Crippen molar-refractivity contribution in [2.75, 3.05) is 0 Å². The molecule has 82 valence electrons. The SMILES string of the molecule is CC(N)CCc1ccc2c(c1)CC(C)O2. The van der Waals surface area contributed by atoms with Crippen molar-refractivity contribution in [1.82, 2.24) is 0 Å². The first-order chi connectivity index (χ1) is 7.15. The van der Waals surface area contributed by atoms with Crippen LogP contribution in [0.15, 0.2) is 18.2 Å². The molecule has 0 aliphatic carbocycles. The normalized spacial score (nSPS) is 20.9. The van der Waals surface area contributed by atoms with Crippen molar-refractivity contribution in [2.45, 2.75) is 45.3 Å². The second kappa shape index (κ2) is 4.23. The van der Waals surface area contributed by atoms with Crippen LogP contribution in [0.2, 0.25) is 0 Å². The van der Waals surface area contributed by atoms with Crippen LogP contribution in [0.4, 0.5) is 0 Å². The van der Waals surface area contributed by atoms with Crippen LogP contribution < -0.4 is 10.5 Å². The molecule has 2 unspecified atom stereocenters. The van der Waals surface area contributed by atoms with E-state index in [-0.39, 0.29) is 6.04 Å². The lowest BCUT2D eigenvalue weighted by Crippen LogP contribution is -2.15. The van der Waals surface area contributed by atoms with Crippen molar-refractivity contribution in [2.24, 2.45) is 5.73 Å². The standard InChI is InChI=1S/C13H19NO/c1-9(14)3-4-11-5-6-13-12(8-11)7-10(2)15-13/h5-6,8-10H,3-4,7,14H2,1-2H3. The van der Waals surface area contributed by atoms with E-state index >= 15 is 0 Å². The molecule has 0 aromatic heterocycles. The molecular formula is C13H19NO. The first-order valence-corrected chi connectivity index (χ1v) is 5.69. The summed E-state index contributed by atoms with van der Waals surface area (Å²) < 4.78 is 5.66. The molecular weight excluding hydrogens is 186 g/mol. The second-order valence-corrected chi connectivity index (χ2v) is 4.59. The highest BCUT2D eigenvalue weighted by Crippen LogP contribution is 2.29. The van der Waals surface area contributed by atoms with E-state index in [0.29, 0.717) is 6.10 Å². The number of benzene rings is 1. The summed E-state index contributed by atoms with van der Waals surface area (Å²) in [5.74, 6) is 1.06. The predicted octanol–water partition coefficient (Wildman–Crippen LogP) is 2.29. The summed E-state index contributed by atoms with van der Waals surface area (Å²) >= 11 is 0. The highest BCUT2D eigenvalue weighted by Gasteiger charge is 2.18. The zero-order chi connectivity index (χ0) is 10.8. The Bertz CT molecular complexity index is 346. The molecule has 2 atom stereocenters. The summed E-state index contributed by atoms with van der Waals surface area (Å²) in [4.78, 5) is 0. The van der Waals surface area contributed by atoms with Gasteiger partial charge in [-0.1, -0.05) is 12.1 Å². The topological polar surface area (TPSA) is 35.2 Å². The van der Waals surface area contributed by atoms with Gasteiger partial charge < -0.3 is 10.5 Å². The van der Waals surface area contributed by atoms with E-state index in [1.54, 1.807) is 0 Å². The molecule has 2 nitrogen and oxygen atoms in total. The molecule has 1 heterocycles. The van der Waals surface area contributed by atoms with Crippen molar-refractivity contribution in [3.05, 3.63) is 29.3 Å². The highest BCUT2D eigenvalue weighted by atomic mass is 16.5. The molecule has 0 radical (unpaired) electrons. The van der Waals surface area contributed by atoms with Gasteiger partial charge in [0.25, 0.3) is 0 Å². The molecule has 2 rings (SSSR count). The van der Waals surface area contributed by atoms with Crippen molar-refractivity contribution in [3.8, 4) is 5.75 Å². The average Bonchev–Trinajstić information content (AvgIpc) is 2.53. The summed E-state index contributed by atoms with van der Waals surface area (Å²) in [6, 6.07) is 6.80. The maximum atomic E-state index is 5.75. The summed E-state index contributed by atoms with van der Waals surface area (Å²) in [5.41, 5.74) is 8.48. The Morgan fingerprint density at radius 3 is 3.07 bits per heavy atom. The lowest BCUT2D eigenvalue weighted by atomic mass is 10.0. The first-order valence-electron chi connectivity index (χ1n) is 5.69. The van der Waals surface area contributed by atoms with Crippen LogP contribution in [-0.4, -0.2) is 12.1 Å². The third-order valence-electron chi connectivity index (χ3n) is 2.85. The fourth-order valence-corrected chi connectivity index (χ4v) is 2.03. The van der Waals surface area contributed by atoms with E-state index in [4.69, 9.17) is 10.5 Å². The Balaban J connectivity index is 2.06. The Morgan fingerprint density at radius 2 is 2.33 bits per heavy atom. The number of aryl methyl sites for hydroxylation is 1. The maximum Gasteiger partial charge on any atom is 0.123 e. The Kier molecular flexibility index (Phi) is 2.96. The number of hydrogen-bond acceptors (Lipinski definition) is 2. The van der Waals surface area contributed by atoms with Crippen LogP contribution in [0.25, 0.3) is 0 Å². The molecule has 0 fully saturated rings. The number of nitrogens with two attached hydrogens (primary N) is 1. The van der Waals surface area contributed by atoms with Crippen molar-refractivity contribution >= 4 is 0 Å². The molecule has 0 amide bonds. The lowest BCUT2D eigenvalue weighted by molar-refractivity contribution is 0.254. The third-order valence-corrected chi connectivity index (χ3v) is 2.85. The number of fused-ring (bicyclic) bond motifs is 1. The van der Waals surface area contributed by atoms with Gasteiger partial charge in [-0.3, -0.25) is 0 Å². The number of hydrogen-bond donors (Lipinski definition) is 1. The minimum atomic E-state index is 0.286. The molecule has 15 heavy (non-hydrogen) atoms. The fourth-order valence-electron chi connectivity index (χ4n) is 2.03. The molecule has 2 heteroatoms. The van der Waals surface area contributed by atoms with Gasteiger partial charge in [0.1, 0.15) is 11.9 Å². The molecule has 1 aromatic rings. The minimum absolute atomic E-state index is 0.286. The third kappa shape index (κ3) is 2.51. The van der Waals surface area contributed by atoms with Gasteiger partial charge in [-0.15, -0.1) is 0 Å². The number of rotatable bonds is 3. The smallest absolute Gasteiger partial charge is 0.123 e. The van der Waals surface area contributed by atoms with Crippen LogP contribution >= 0.6 is 0 Å². The van der Waals surface area contributed by atoms with Crippen molar-refractivity contribution in [1.29, 1.82) is 0 Å². The van der Waals surface area contributed by atoms with Gasteiger partial charge in [0.15, 0.2) is 0 Å². The van der Waals surface area contributed by atoms with Crippen molar-refractivity contribution < 1.29 is 4.74 Å². The Hall–Kier alpha value is -1.02. The molecule has 1 aliphatic heterocycles. The van der Waals surface area contributed by atoms with Gasteiger partial charge in [0, 0.05) is 12.5 Å². The molecule has 2 N–H and O–H groups in total. The van der Waals surface area contributed by atoms with Crippen LogP contribution in [0.3, 0.4) is 0 Å². The Morgan fingerprint density at radius 1 is 1.53 bits per heavy atom. The summed E-state index contributed by atoms with van der Waals surface area (Å²) in [6.07, 6.45) is 3.50. The van der Waals surface area contributed by atoms with Crippen LogP contribution in [0.5, 0.6) is 5.75 Å². The van der Waals surface area contributed by atoms with E-state index < -0.39 is 0 Å². The Labute approximate surface area is 91.4 Å². The predicted molar refractivity (Wildman–Crippen MR) is 62.2 cm³/mol. The van der Waals surface area contributed by atoms with Gasteiger partial charge in [-0.2, -0.15) is 0 Å². The minimum Gasteiger partial charge on any atom is -0.490 e. The quantitative estimate of drug-likeness (QED) is 0.821. The van der Waals surface area contributed by atoms with Gasteiger partial charge >= 0.3 is 0 Å². The molecule has 0 saturated carbocycles. The first kappa shape index (κ1) is 10.5. The van der Waals surface area contributed by atoms with Gasteiger partial charge in [0.2, 0.25) is 0 Å². The van der Waals surface area contributed by atoms with E-state index in [1.165, 1.54) is 11.1 Å². The monoisotopic (exact) mass is 205 g/mol. The molecule has 1 aliphatic rings. The number of ether oxygens (including phenoxy) is 1. The van der Waals surface area contributed by atoms with Gasteiger partial charge in [-0.25, -0.2) is 0 Å². The highest BCUT2D eigenvalue weighted by molar-refractivity contribution is 5.40. The molecule has 1 aromatic carbocycles. The largest absolute Gasteiger partial charge is 0.490 e. The van der Waals surface area contributed by atoms with E-state index in [9.17, 15) is 0 Å². The van der Waals surface area contributed by atoms with Gasteiger partial charge in [0.05, 0.1) is 0 Å². The van der Waals surface area contributed by atoms with Crippen LogP contribution in [0, 0.1) is 0 Å². The van der Waals surface area contributed by atoms with E-state index in [2.05, 4.69) is 32.0 Å². The lowest BCUT2D eigenvalue weighted by Gasteiger charge is -2.06. The molecule has 0 saturated heterocycles. The average molecular weight is 205 g/mol. The van der Waals surface area contributed by atoms with Crippen LogP contribution in [-0.2, 0) is 12.8 Å². The summed E-state index contributed by atoms with van der Waals surface area (Å²) in [5, 5.41) is 0. The zero-order valence-electron chi connectivity index (χ0n) is 9.49. The fraction of sp³-hybridized carbons (Fsp3) is 0.538. The second-order valence-electron chi connectivity index (χ2n) is 4.59. The van der Waals surface area contributed by atoms with E-state index in [1.807, 2.05) is 0 Å².